The Hall–Kier alpha value is -3.31. The third kappa shape index (κ3) is 7.59. The normalized spacial score (nSPS) is 12.5. The number of nitrogens with zero attached hydrogens (tertiary/aromatic N) is 1. The number of rotatable bonds is 11. The first-order valence-electron chi connectivity index (χ1n) is 12.4. The number of carbonyl (C=O) groups is 2. The minimum absolute atomic E-state index is 0.00918. The Morgan fingerprint density at radius 3 is 2.36 bits per heavy atom. The van der Waals surface area contributed by atoms with E-state index in [4.69, 9.17) is 16.3 Å². The molecule has 0 unspecified atom stereocenters. The summed E-state index contributed by atoms with van der Waals surface area (Å²) < 4.78 is 5.96. The predicted molar refractivity (Wildman–Crippen MR) is 145 cm³/mol. The Balaban J connectivity index is 1.93. The van der Waals surface area contributed by atoms with Gasteiger partial charge in [-0.15, -0.1) is 0 Å². The number of carbonyl (C=O) groups excluding carboxylic acids is 2. The second kappa shape index (κ2) is 13.1. The average molecular weight is 507 g/mol. The van der Waals surface area contributed by atoms with E-state index in [2.05, 4.69) is 5.32 Å². The highest BCUT2D eigenvalue weighted by Gasteiger charge is 2.31. The van der Waals surface area contributed by atoms with E-state index < -0.39 is 6.04 Å². The highest BCUT2D eigenvalue weighted by molar-refractivity contribution is 6.30. The second-order valence-electron chi connectivity index (χ2n) is 9.16. The van der Waals surface area contributed by atoms with Crippen LogP contribution in [-0.2, 0) is 22.6 Å². The van der Waals surface area contributed by atoms with Crippen LogP contribution in [0.15, 0.2) is 72.8 Å². The molecule has 0 heterocycles. The van der Waals surface area contributed by atoms with Crippen molar-refractivity contribution >= 4 is 23.4 Å². The summed E-state index contributed by atoms with van der Waals surface area (Å²) in [5.41, 5.74) is 3.89. The number of nitrogens with one attached hydrogen (secondary N) is 1. The molecule has 1 N–H and O–H groups in total. The molecule has 3 aromatic rings. The van der Waals surface area contributed by atoms with Crippen LogP contribution in [0.2, 0.25) is 5.02 Å². The van der Waals surface area contributed by atoms with Crippen molar-refractivity contribution in [3.05, 3.63) is 100 Å². The van der Waals surface area contributed by atoms with Gasteiger partial charge in [-0.2, -0.15) is 0 Å². The zero-order chi connectivity index (χ0) is 26.1. The lowest BCUT2D eigenvalue weighted by molar-refractivity contribution is -0.143. The van der Waals surface area contributed by atoms with E-state index in [9.17, 15) is 9.59 Å². The fourth-order valence-corrected chi connectivity index (χ4v) is 4.14. The summed E-state index contributed by atoms with van der Waals surface area (Å²) in [4.78, 5) is 28.8. The van der Waals surface area contributed by atoms with Gasteiger partial charge in [-0.25, -0.2) is 0 Å². The maximum Gasteiger partial charge on any atom is 0.261 e. The van der Waals surface area contributed by atoms with Crippen LogP contribution in [0.5, 0.6) is 5.75 Å². The van der Waals surface area contributed by atoms with Gasteiger partial charge in [0.1, 0.15) is 11.8 Å². The van der Waals surface area contributed by atoms with Crippen LogP contribution in [0, 0.1) is 13.8 Å². The van der Waals surface area contributed by atoms with E-state index in [1.165, 1.54) is 0 Å². The third-order valence-corrected chi connectivity index (χ3v) is 6.66. The minimum Gasteiger partial charge on any atom is -0.483 e. The van der Waals surface area contributed by atoms with E-state index in [1.54, 1.807) is 11.0 Å². The average Bonchev–Trinajstić information content (AvgIpc) is 2.87. The maximum absolute atomic E-state index is 13.7. The topological polar surface area (TPSA) is 58.6 Å². The lowest BCUT2D eigenvalue weighted by atomic mass is 10.0. The molecular weight excluding hydrogens is 472 g/mol. The molecule has 36 heavy (non-hydrogen) atoms. The molecule has 0 aliphatic heterocycles. The van der Waals surface area contributed by atoms with E-state index in [0.717, 1.165) is 28.7 Å². The highest BCUT2D eigenvalue weighted by atomic mass is 35.5. The molecule has 0 aliphatic rings. The molecule has 2 atom stereocenters. The molecule has 2 amide bonds. The standard InChI is InChI=1S/C30H35ClN2O3/c1-5-22(3)32-30(35)27(18-24-12-7-6-8-13-24)33(19-25-14-10-15-26(31)17-25)29(34)20-36-28-16-9-11-21(2)23(28)4/h6-17,22,27H,5,18-20H2,1-4H3,(H,32,35)/t22-,27-/m1/s1. The van der Waals surface area contributed by atoms with Gasteiger partial charge >= 0.3 is 0 Å². The number of benzene rings is 3. The van der Waals surface area contributed by atoms with E-state index in [-0.39, 0.29) is 31.0 Å². The zero-order valence-electron chi connectivity index (χ0n) is 21.5. The minimum atomic E-state index is -0.713. The van der Waals surface area contributed by atoms with Crippen molar-refractivity contribution in [1.29, 1.82) is 0 Å². The first-order chi connectivity index (χ1) is 17.3. The van der Waals surface area contributed by atoms with Crippen LogP contribution in [0.1, 0.15) is 42.5 Å². The Morgan fingerprint density at radius 1 is 0.972 bits per heavy atom. The maximum atomic E-state index is 13.7. The van der Waals surface area contributed by atoms with E-state index in [0.29, 0.717) is 17.2 Å². The smallest absolute Gasteiger partial charge is 0.261 e. The number of amides is 2. The summed E-state index contributed by atoms with van der Waals surface area (Å²) in [5.74, 6) is 0.209. The van der Waals surface area contributed by atoms with Gasteiger partial charge in [-0.05, 0) is 67.6 Å². The van der Waals surface area contributed by atoms with Crippen molar-refractivity contribution in [2.75, 3.05) is 6.61 Å². The largest absolute Gasteiger partial charge is 0.483 e. The van der Waals surface area contributed by atoms with Crippen molar-refractivity contribution in [3.63, 3.8) is 0 Å². The van der Waals surface area contributed by atoms with E-state index in [1.807, 2.05) is 94.4 Å². The van der Waals surface area contributed by atoms with Crippen molar-refractivity contribution < 1.29 is 14.3 Å². The Morgan fingerprint density at radius 2 is 1.67 bits per heavy atom. The van der Waals surface area contributed by atoms with Crippen LogP contribution in [-0.4, -0.2) is 35.4 Å². The van der Waals surface area contributed by atoms with Gasteiger partial charge in [-0.1, -0.05) is 73.1 Å². The predicted octanol–water partition coefficient (Wildman–Crippen LogP) is 5.89. The molecule has 0 aliphatic carbocycles. The summed E-state index contributed by atoms with van der Waals surface area (Å²) >= 11 is 6.23. The lowest BCUT2D eigenvalue weighted by Gasteiger charge is -2.32. The first kappa shape index (κ1) is 27.3. The Kier molecular flexibility index (Phi) is 9.95. The number of halogens is 1. The Bertz CT molecular complexity index is 1170. The van der Waals surface area contributed by atoms with Crippen LogP contribution >= 0.6 is 11.6 Å². The summed E-state index contributed by atoms with van der Waals surface area (Å²) in [6.07, 6.45) is 1.18. The van der Waals surface area contributed by atoms with Gasteiger partial charge < -0.3 is 15.0 Å². The molecule has 0 aromatic heterocycles. The summed E-state index contributed by atoms with van der Waals surface area (Å²) in [6.45, 7) is 8.02. The van der Waals surface area contributed by atoms with Crippen molar-refractivity contribution in [2.45, 2.75) is 59.2 Å². The summed E-state index contributed by atoms with van der Waals surface area (Å²) in [7, 11) is 0. The van der Waals surface area contributed by atoms with Gasteiger partial charge in [0.05, 0.1) is 0 Å². The van der Waals surface area contributed by atoms with Crippen molar-refractivity contribution in [2.24, 2.45) is 0 Å². The molecule has 6 heteroatoms. The summed E-state index contributed by atoms with van der Waals surface area (Å²) in [5, 5.41) is 3.65. The molecule has 0 saturated heterocycles. The second-order valence-corrected chi connectivity index (χ2v) is 9.60. The van der Waals surface area contributed by atoms with Crippen LogP contribution < -0.4 is 10.1 Å². The van der Waals surface area contributed by atoms with Gasteiger partial charge in [0.25, 0.3) is 5.91 Å². The van der Waals surface area contributed by atoms with Gasteiger partial charge in [0, 0.05) is 24.0 Å². The molecule has 0 saturated carbocycles. The fraction of sp³-hybridized carbons (Fsp3) is 0.333. The first-order valence-corrected chi connectivity index (χ1v) is 12.7. The highest BCUT2D eigenvalue weighted by Crippen LogP contribution is 2.22. The van der Waals surface area contributed by atoms with Crippen LogP contribution in [0.3, 0.4) is 0 Å². The Labute approximate surface area is 219 Å². The molecule has 3 rings (SSSR count). The van der Waals surface area contributed by atoms with Crippen LogP contribution in [0.25, 0.3) is 0 Å². The van der Waals surface area contributed by atoms with Gasteiger partial charge in [-0.3, -0.25) is 9.59 Å². The molecular formula is C30H35ClN2O3. The molecule has 0 spiro atoms. The van der Waals surface area contributed by atoms with Gasteiger partial charge in [0.2, 0.25) is 5.91 Å². The monoisotopic (exact) mass is 506 g/mol. The number of hydrogen-bond acceptors (Lipinski definition) is 3. The molecule has 3 aromatic carbocycles. The molecule has 190 valence electrons. The molecule has 0 radical (unpaired) electrons. The fourth-order valence-electron chi connectivity index (χ4n) is 3.93. The third-order valence-electron chi connectivity index (χ3n) is 6.42. The number of hydrogen-bond donors (Lipinski definition) is 1. The molecule has 0 fully saturated rings. The van der Waals surface area contributed by atoms with Gasteiger partial charge in [0.15, 0.2) is 6.61 Å². The lowest BCUT2D eigenvalue weighted by Crippen LogP contribution is -2.53. The molecule has 0 bridgehead atoms. The van der Waals surface area contributed by atoms with Crippen molar-refractivity contribution in [1.82, 2.24) is 10.2 Å². The number of ether oxygens (including phenoxy) is 1. The van der Waals surface area contributed by atoms with Crippen LogP contribution in [0.4, 0.5) is 0 Å². The zero-order valence-corrected chi connectivity index (χ0v) is 22.2. The quantitative estimate of drug-likeness (QED) is 0.352. The molecule has 5 nitrogen and oxygen atoms in total. The number of aryl methyl sites for hydroxylation is 1. The van der Waals surface area contributed by atoms with Crippen molar-refractivity contribution in [3.8, 4) is 5.75 Å². The SMILES string of the molecule is CC[C@@H](C)NC(=O)[C@@H](Cc1ccccc1)N(Cc1cccc(Cl)c1)C(=O)COc1cccc(C)c1C. The summed E-state index contributed by atoms with van der Waals surface area (Å²) in [6, 6.07) is 22.2. The van der Waals surface area contributed by atoms with E-state index >= 15 is 0 Å².